The van der Waals surface area contributed by atoms with Gasteiger partial charge in [-0.1, -0.05) is 30.3 Å². The Balaban J connectivity index is 2.56. The van der Waals surface area contributed by atoms with Gasteiger partial charge >= 0.3 is 11.9 Å². The van der Waals surface area contributed by atoms with Crippen LogP contribution in [0.4, 0.5) is 0 Å². The van der Waals surface area contributed by atoms with Gasteiger partial charge in [-0.25, -0.2) is 0 Å². The van der Waals surface area contributed by atoms with Gasteiger partial charge in [-0.2, -0.15) is 0 Å². The van der Waals surface area contributed by atoms with E-state index in [1.807, 2.05) is 30.3 Å². The van der Waals surface area contributed by atoms with Crippen molar-refractivity contribution in [2.45, 2.75) is 19.3 Å². The fourth-order valence-electron chi connectivity index (χ4n) is 1.74. The van der Waals surface area contributed by atoms with Crippen molar-refractivity contribution < 1.29 is 19.1 Å². The van der Waals surface area contributed by atoms with Crippen molar-refractivity contribution in [2.24, 2.45) is 5.92 Å². The summed E-state index contributed by atoms with van der Waals surface area (Å²) in [4.78, 5) is 22.8. The predicted octanol–water partition coefficient (Wildman–Crippen LogP) is 1.97. The maximum atomic E-state index is 11.6. The number of aryl methyl sites for hydroxylation is 1. The van der Waals surface area contributed by atoms with E-state index < -0.39 is 11.9 Å². The minimum atomic E-state index is -0.442. The van der Waals surface area contributed by atoms with Crippen LogP contribution in [-0.4, -0.2) is 26.2 Å². The molecule has 0 spiro atoms. The van der Waals surface area contributed by atoms with Gasteiger partial charge in [-0.15, -0.1) is 0 Å². The van der Waals surface area contributed by atoms with E-state index in [1.165, 1.54) is 14.2 Å². The molecule has 0 fully saturated rings. The summed E-state index contributed by atoms with van der Waals surface area (Å²) in [5.74, 6) is -1.20. The van der Waals surface area contributed by atoms with Gasteiger partial charge in [-0.05, 0) is 18.4 Å². The first-order chi connectivity index (χ1) is 8.67. The van der Waals surface area contributed by atoms with E-state index in [-0.39, 0.29) is 12.4 Å². The summed E-state index contributed by atoms with van der Waals surface area (Å²) in [6.45, 7) is 0. The zero-order chi connectivity index (χ0) is 13.4. The Labute approximate surface area is 107 Å². The number of carbonyl (C=O) groups excluding carboxylic acids is 2. The molecule has 1 rings (SSSR count). The summed E-state index contributed by atoms with van der Waals surface area (Å²) >= 11 is 0. The van der Waals surface area contributed by atoms with Gasteiger partial charge in [0.25, 0.3) is 0 Å². The topological polar surface area (TPSA) is 52.6 Å². The monoisotopic (exact) mass is 250 g/mol. The number of hydrogen-bond donors (Lipinski definition) is 0. The average molecular weight is 250 g/mol. The summed E-state index contributed by atoms with van der Waals surface area (Å²) in [5, 5.41) is 0. The van der Waals surface area contributed by atoms with Gasteiger partial charge in [0.05, 0.1) is 26.6 Å². The summed E-state index contributed by atoms with van der Waals surface area (Å²) in [6.07, 6.45) is 1.37. The molecule has 0 heterocycles. The van der Waals surface area contributed by atoms with Crippen molar-refractivity contribution in [3.05, 3.63) is 35.9 Å². The van der Waals surface area contributed by atoms with Crippen LogP contribution in [0.15, 0.2) is 30.3 Å². The lowest BCUT2D eigenvalue weighted by molar-refractivity contribution is -0.152. The van der Waals surface area contributed by atoms with Crippen LogP contribution in [0, 0.1) is 5.92 Å². The lowest BCUT2D eigenvalue weighted by atomic mass is 9.96. The molecular formula is C14H18O4. The second-order valence-corrected chi connectivity index (χ2v) is 4.02. The molecule has 0 unspecified atom stereocenters. The van der Waals surface area contributed by atoms with E-state index in [1.54, 1.807) is 0 Å². The Bertz CT molecular complexity index is 386. The third-order valence-corrected chi connectivity index (χ3v) is 2.80. The van der Waals surface area contributed by atoms with Gasteiger partial charge in [0.1, 0.15) is 0 Å². The molecule has 18 heavy (non-hydrogen) atoms. The van der Waals surface area contributed by atoms with Crippen LogP contribution in [0.2, 0.25) is 0 Å². The second-order valence-electron chi connectivity index (χ2n) is 4.02. The molecule has 0 amide bonds. The van der Waals surface area contributed by atoms with E-state index in [0.717, 1.165) is 12.0 Å². The molecule has 98 valence electrons. The lowest BCUT2D eigenvalue weighted by Crippen LogP contribution is -2.21. The summed E-state index contributed by atoms with van der Waals surface area (Å²) in [7, 11) is 2.64. The first-order valence-corrected chi connectivity index (χ1v) is 5.86. The van der Waals surface area contributed by atoms with Crippen LogP contribution in [0.25, 0.3) is 0 Å². The highest BCUT2D eigenvalue weighted by atomic mass is 16.5. The molecule has 0 bridgehead atoms. The highest BCUT2D eigenvalue weighted by Gasteiger charge is 2.22. The Hall–Kier alpha value is -1.84. The highest BCUT2D eigenvalue weighted by molar-refractivity contribution is 5.79. The van der Waals surface area contributed by atoms with Gasteiger partial charge in [0, 0.05) is 0 Å². The number of esters is 2. The predicted molar refractivity (Wildman–Crippen MR) is 66.9 cm³/mol. The van der Waals surface area contributed by atoms with E-state index in [2.05, 4.69) is 4.74 Å². The molecule has 0 aliphatic heterocycles. The maximum Gasteiger partial charge on any atom is 0.309 e. The van der Waals surface area contributed by atoms with Gasteiger partial charge in [-0.3, -0.25) is 9.59 Å². The SMILES string of the molecule is COC(=O)C[C@H](CCc1ccccc1)C(=O)OC. The quantitative estimate of drug-likeness (QED) is 0.724. The molecule has 0 radical (unpaired) electrons. The Morgan fingerprint density at radius 3 is 2.33 bits per heavy atom. The molecule has 1 aromatic rings. The first kappa shape index (κ1) is 14.2. The molecule has 0 aliphatic carbocycles. The Morgan fingerprint density at radius 2 is 1.78 bits per heavy atom. The van der Waals surface area contributed by atoms with E-state index in [0.29, 0.717) is 6.42 Å². The number of ether oxygens (including phenoxy) is 2. The fraction of sp³-hybridized carbons (Fsp3) is 0.429. The van der Waals surface area contributed by atoms with Crippen molar-refractivity contribution in [1.29, 1.82) is 0 Å². The van der Waals surface area contributed by atoms with Crippen LogP contribution in [0.1, 0.15) is 18.4 Å². The highest BCUT2D eigenvalue weighted by Crippen LogP contribution is 2.15. The third-order valence-electron chi connectivity index (χ3n) is 2.80. The standard InChI is InChI=1S/C14H18O4/c1-17-13(15)10-12(14(16)18-2)9-8-11-6-4-3-5-7-11/h3-7,12H,8-10H2,1-2H3/t12-/m0/s1. The van der Waals surface area contributed by atoms with Crippen molar-refractivity contribution in [2.75, 3.05) is 14.2 Å². The summed E-state index contributed by atoms with van der Waals surface area (Å²) in [5.41, 5.74) is 1.14. The third kappa shape index (κ3) is 4.57. The fourth-order valence-corrected chi connectivity index (χ4v) is 1.74. The normalized spacial score (nSPS) is 11.7. The molecule has 0 aliphatic rings. The molecule has 0 saturated heterocycles. The van der Waals surface area contributed by atoms with Crippen LogP contribution >= 0.6 is 0 Å². The number of hydrogen-bond acceptors (Lipinski definition) is 4. The zero-order valence-electron chi connectivity index (χ0n) is 10.7. The van der Waals surface area contributed by atoms with Crippen molar-refractivity contribution in [3.63, 3.8) is 0 Å². The molecule has 0 N–H and O–H groups in total. The Kier molecular flexibility index (Phi) is 5.91. The van der Waals surface area contributed by atoms with Crippen molar-refractivity contribution in [3.8, 4) is 0 Å². The lowest BCUT2D eigenvalue weighted by Gasteiger charge is -2.13. The van der Waals surface area contributed by atoms with Crippen LogP contribution in [-0.2, 0) is 25.5 Å². The van der Waals surface area contributed by atoms with Crippen LogP contribution in [0.3, 0.4) is 0 Å². The average Bonchev–Trinajstić information content (AvgIpc) is 2.43. The smallest absolute Gasteiger partial charge is 0.309 e. The number of rotatable bonds is 6. The van der Waals surface area contributed by atoms with Gasteiger partial charge in [0.2, 0.25) is 0 Å². The van der Waals surface area contributed by atoms with E-state index in [4.69, 9.17) is 4.74 Å². The molecule has 0 aromatic heterocycles. The summed E-state index contributed by atoms with van der Waals surface area (Å²) in [6, 6.07) is 9.82. The van der Waals surface area contributed by atoms with Gasteiger partial charge in [0.15, 0.2) is 0 Å². The van der Waals surface area contributed by atoms with Crippen molar-refractivity contribution >= 4 is 11.9 Å². The largest absolute Gasteiger partial charge is 0.469 e. The van der Waals surface area contributed by atoms with Crippen LogP contribution < -0.4 is 0 Å². The number of carbonyl (C=O) groups is 2. The number of methoxy groups -OCH3 is 2. The molecular weight excluding hydrogens is 232 g/mol. The Morgan fingerprint density at radius 1 is 1.11 bits per heavy atom. The van der Waals surface area contributed by atoms with E-state index in [9.17, 15) is 9.59 Å². The van der Waals surface area contributed by atoms with Crippen LogP contribution in [0.5, 0.6) is 0 Å². The molecule has 4 heteroatoms. The second kappa shape index (κ2) is 7.48. The minimum absolute atomic E-state index is 0.0655. The molecule has 0 saturated carbocycles. The minimum Gasteiger partial charge on any atom is -0.469 e. The zero-order valence-corrected chi connectivity index (χ0v) is 10.7. The number of benzene rings is 1. The molecule has 4 nitrogen and oxygen atoms in total. The molecule has 1 aromatic carbocycles. The first-order valence-electron chi connectivity index (χ1n) is 5.86. The van der Waals surface area contributed by atoms with Crippen molar-refractivity contribution in [1.82, 2.24) is 0 Å². The van der Waals surface area contributed by atoms with Gasteiger partial charge < -0.3 is 9.47 Å². The maximum absolute atomic E-state index is 11.6. The van der Waals surface area contributed by atoms with E-state index >= 15 is 0 Å². The summed E-state index contributed by atoms with van der Waals surface area (Å²) < 4.78 is 9.28. The molecule has 1 atom stereocenters.